The first kappa shape index (κ1) is 11.5. The minimum atomic E-state index is 0.0312. The highest BCUT2D eigenvalue weighted by atomic mass is 32.2. The summed E-state index contributed by atoms with van der Waals surface area (Å²) in [7, 11) is 1.64. The highest BCUT2D eigenvalue weighted by molar-refractivity contribution is 7.99. The summed E-state index contributed by atoms with van der Waals surface area (Å²) >= 11 is 1.80. The van der Waals surface area contributed by atoms with E-state index in [1.807, 2.05) is 6.08 Å². The van der Waals surface area contributed by atoms with Crippen LogP contribution in [0.4, 0.5) is 0 Å². The molecular weight excluding hydrogens is 172 g/mol. The lowest BCUT2D eigenvalue weighted by molar-refractivity contribution is -0.119. The van der Waals surface area contributed by atoms with Gasteiger partial charge in [0.2, 0.25) is 5.91 Å². The van der Waals surface area contributed by atoms with Gasteiger partial charge in [-0.1, -0.05) is 6.08 Å². The Morgan fingerprint density at radius 3 is 3.00 bits per heavy atom. The number of carbonyl (C=O) groups is 1. The molecule has 0 saturated carbocycles. The van der Waals surface area contributed by atoms with Crippen LogP contribution in [0.2, 0.25) is 0 Å². The molecule has 12 heavy (non-hydrogen) atoms. The van der Waals surface area contributed by atoms with E-state index in [-0.39, 0.29) is 5.91 Å². The first-order chi connectivity index (χ1) is 5.81. The molecule has 3 nitrogen and oxygen atoms in total. The zero-order valence-corrected chi connectivity index (χ0v) is 8.25. The Labute approximate surface area is 78.0 Å². The van der Waals surface area contributed by atoms with Crippen LogP contribution in [0, 0.1) is 0 Å². The van der Waals surface area contributed by atoms with Crippen LogP contribution in [0.25, 0.3) is 0 Å². The van der Waals surface area contributed by atoms with Gasteiger partial charge in [0, 0.05) is 25.1 Å². The lowest BCUT2D eigenvalue weighted by Gasteiger charge is -2.01. The molecule has 0 saturated heterocycles. The van der Waals surface area contributed by atoms with E-state index in [0.717, 1.165) is 18.1 Å². The SMILES string of the molecule is C=CCSCCNCC(=O)NC. The van der Waals surface area contributed by atoms with Crippen LogP contribution in [0.15, 0.2) is 12.7 Å². The summed E-state index contributed by atoms with van der Waals surface area (Å²) < 4.78 is 0. The molecule has 70 valence electrons. The van der Waals surface area contributed by atoms with Gasteiger partial charge in [0.1, 0.15) is 0 Å². The van der Waals surface area contributed by atoms with Crippen molar-refractivity contribution >= 4 is 17.7 Å². The number of amides is 1. The first-order valence-electron chi connectivity index (χ1n) is 3.91. The molecule has 0 aliphatic rings. The number of rotatable bonds is 7. The fourth-order valence-electron chi connectivity index (χ4n) is 0.601. The minimum Gasteiger partial charge on any atom is -0.358 e. The predicted octanol–water partition coefficient (Wildman–Crippen LogP) is 0.241. The van der Waals surface area contributed by atoms with E-state index in [1.165, 1.54) is 0 Å². The third kappa shape index (κ3) is 7.63. The van der Waals surface area contributed by atoms with Crippen molar-refractivity contribution in [2.75, 3.05) is 31.6 Å². The first-order valence-corrected chi connectivity index (χ1v) is 5.06. The molecule has 0 fully saturated rings. The molecule has 0 radical (unpaired) electrons. The maximum atomic E-state index is 10.7. The average Bonchev–Trinajstić information content (AvgIpc) is 2.10. The average molecular weight is 188 g/mol. The van der Waals surface area contributed by atoms with Gasteiger partial charge < -0.3 is 10.6 Å². The van der Waals surface area contributed by atoms with Crippen LogP contribution in [0.5, 0.6) is 0 Å². The highest BCUT2D eigenvalue weighted by Gasteiger charge is 1.94. The lowest BCUT2D eigenvalue weighted by Crippen LogP contribution is -2.32. The highest BCUT2D eigenvalue weighted by Crippen LogP contribution is 1.96. The van der Waals surface area contributed by atoms with E-state index in [4.69, 9.17) is 0 Å². The maximum absolute atomic E-state index is 10.7. The molecule has 0 spiro atoms. The Morgan fingerprint density at radius 1 is 1.67 bits per heavy atom. The summed E-state index contributed by atoms with van der Waals surface area (Å²) in [6, 6.07) is 0. The van der Waals surface area contributed by atoms with Crippen molar-refractivity contribution in [1.29, 1.82) is 0 Å². The van der Waals surface area contributed by atoms with Crippen LogP contribution < -0.4 is 10.6 Å². The zero-order chi connectivity index (χ0) is 9.23. The zero-order valence-electron chi connectivity index (χ0n) is 7.43. The molecule has 0 unspecified atom stereocenters. The third-order valence-corrected chi connectivity index (χ3v) is 2.19. The second-order valence-corrected chi connectivity index (χ2v) is 3.36. The van der Waals surface area contributed by atoms with Gasteiger partial charge in [0.05, 0.1) is 6.54 Å². The molecule has 0 aliphatic carbocycles. The topological polar surface area (TPSA) is 41.1 Å². The molecule has 0 bridgehead atoms. The van der Waals surface area contributed by atoms with Crippen LogP contribution in [-0.4, -0.2) is 37.6 Å². The summed E-state index contributed by atoms with van der Waals surface area (Å²) in [5.74, 6) is 2.02. The van der Waals surface area contributed by atoms with Crippen molar-refractivity contribution < 1.29 is 4.79 Å². The maximum Gasteiger partial charge on any atom is 0.233 e. The van der Waals surface area contributed by atoms with Crippen LogP contribution in [0.1, 0.15) is 0 Å². The number of hydrogen-bond acceptors (Lipinski definition) is 3. The normalized spacial score (nSPS) is 9.42. The summed E-state index contributed by atoms with van der Waals surface area (Å²) in [4.78, 5) is 10.7. The van der Waals surface area contributed by atoms with Crippen LogP contribution >= 0.6 is 11.8 Å². The van der Waals surface area contributed by atoms with Crippen molar-refractivity contribution in [3.63, 3.8) is 0 Å². The van der Waals surface area contributed by atoms with Gasteiger partial charge in [-0.15, -0.1) is 6.58 Å². The van der Waals surface area contributed by atoms with Gasteiger partial charge >= 0.3 is 0 Å². The summed E-state index contributed by atoms with van der Waals surface area (Å²) in [5, 5.41) is 5.57. The molecule has 0 aromatic carbocycles. The molecule has 1 amide bonds. The molecule has 0 aromatic heterocycles. The largest absolute Gasteiger partial charge is 0.358 e. The van der Waals surface area contributed by atoms with E-state index in [1.54, 1.807) is 18.8 Å². The molecule has 2 N–H and O–H groups in total. The Morgan fingerprint density at radius 2 is 2.42 bits per heavy atom. The van der Waals surface area contributed by atoms with Crippen molar-refractivity contribution in [1.82, 2.24) is 10.6 Å². The number of carbonyl (C=O) groups excluding carboxylic acids is 1. The van der Waals surface area contributed by atoms with Gasteiger partial charge in [-0.25, -0.2) is 0 Å². The van der Waals surface area contributed by atoms with Gasteiger partial charge in [0.15, 0.2) is 0 Å². The predicted molar refractivity (Wildman–Crippen MR) is 54.5 cm³/mol. The minimum absolute atomic E-state index is 0.0312. The number of hydrogen-bond donors (Lipinski definition) is 2. The quantitative estimate of drug-likeness (QED) is 0.444. The Hall–Kier alpha value is -0.480. The third-order valence-electron chi connectivity index (χ3n) is 1.22. The second kappa shape index (κ2) is 8.62. The standard InChI is InChI=1S/C8H16N2OS/c1-3-5-12-6-4-10-7-8(11)9-2/h3,10H,1,4-7H2,2H3,(H,9,11). The van der Waals surface area contributed by atoms with Crippen LogP contribution in [0.3, 0.4) is 0 Å². The smallest absolute Gasteiger partial charge is 0.233 e. The summed E-state index contributed by atoms with van der Waals surface area (Å²) in [5.41, 5.74) is 0. The lowest BCUT2D eigenvalue weighted by atomic mass is 10.6. The fourth-order valence-corrected chi connectivity index (χ4v) is 1.22. The molecule has 0 rings (SSSR count). The number of thioether (sulfide) groups is 1. The van der Waals surface area contributed by atoms with E-state index >= 15 is 0 Å². The molecule has 0 aromatic rings. The van der Waals surface area contributed by atoms with Crippen molar-refractivity contribution in [3.05, 3.63) is 12.7 Å². The van der Waals surface area contributed by atoms with Gasteiger partial charge in [-0.05, 0) is 0 Å². The van der Waals surface area contributed by atoms with E-state index < -0.39 is 0 Å². The number of nitrogens with one attached hydrogen (secondary N) is 2. The van der Waals surface area contributed by atoms with Crippen LogP contribution in [-0.2, 0) is 4.79 Å². The second-order valence-electron chi connectivity index (χ2n) is 2.21. The monoisotopic (exact) mass is 188 g/mol. The van der Waals surface area contributed by atoms with Gasteiger partial charge in [-0.3, -0.25) is 4.79 Å². The summed E-state index contributed by atoms with van der Waals surface area (Å²) in [6.45, 7) is 4.89. The number of likely N-dealkylation sites (N-methyl/N-ethyl adjacent to an activating group) is 1. The fraction of sp³-hybridized carbons (Fsp3) is 0.625. The Bertz CT molecular complexity index is 139. The van der Waals surface area contributed by atoms with Gasteiger partial charge in [-0.2, -0.15) is 11.8 Å². The van der Waals surface area contributed by atoms with E-state index in [0.29, 0.717) is 6.54 Å². The molecular formula is C8H16N2OS. The van der Waals surface area contributed by atoms with Crippen molar-refractivity contribution in [2.24, 2.45) is 0 Å². The van der Waals surface area contributed by atoms with Gasteiger partial charge in [0.25, 0.3) is 0 Å². The Kier molecular flexibility index (Phi) is 8.27. The molecule has 4 heteroatoms. The molecule has 0 aliphatic heterocycles. The Balaban J connectivity index is 3.00. The summed E-state index contributed by atoms with van der Waals surface area (Å²) in [6.07, 6.45) is 1.88. The molecule has 0 heterocycles. The van der Waals surface area contributed by atoms with E-state index in [2.05, 4.69) is 17.2 Å². The molecule has 0 atom stereocenters. The van der Waals surface area contributed by atoms with E-state index in [9.17, 15) is 4.79 Å². The van der Waals surface area contributed by atoms with Crippen molar-refractivity contribution in [3.8, 4) is 0 Å². The van der Waals surface area contributed by atoms with Crippen molar-refractivity contribution in [2.45, 2.75) is 0 Å².